The second-order valence-corrected chi connectivity index (χ2v) is 6.15. The standard InChI is InChI=1S/C18H20FN5O2/c1-25-13-7-3-2-6-12(13)10-20-16-15-17(23-18(19)22-16)24(11-21-15)14-8-4-5-9-26-14/h2-3,6-7,11,14H,4-5,8-10H2,1H3,(H,20,22,23). The molecular formula is C18H20FN5O2. The summed E-state index contributed by atoms with van der Waals surface area (Å²) in [7, 11) is 1.62. The van der Waals surface area contributed by atoms with Gasteiger partial charge in [-0.1, -0.05) is 18.2 Å². The molecule has 0 radical (unpaired) electrons. The van der Waals surface area contributed by atoms with Crippen molar-refractivity contribution in [1.82, 2.24) is 19.5 Å². The van der Waals surface area contributed by atoms with Crippen molar-refractivity contribution in [2.75, 3.05) is 19.0 Å². The maximum atomic E-state index is 14.0. The van der Waals surface area contributed by atoms with Crippen LogP contribution in [-0.2, 0) is 11.3 Å². The van der Waals surface area contributed by atoms with Gasteiger partial charge < -0.3 is 14.8 Å². The monoisotopic (exact) mass is 357 g/mol. The number of aromatic nitrogens is 4. The van der Waals surface area contributed by atoms with Gasteiger partial charge in [0.25, 0.3) is 0 Å². The van der Waals surface area contributed by atoms with Gasteiger partial charge in [-0.2, -0.15) is 14.4 Å². The average Bonchev–Trinajstić information content (AvgIpc) is 3.10. The quantitative estimate of drug-likeness (QED) is 0.707. The lowest BCUT2D eigenvalue weighted by molar-refractivity contribution is -0.0298. The van der Waals surface area contributed by atoms with Gasteiger partial charge in [-0.15, -0.1) is 0 Å². The van der Waals surface area contributed by atoms with Crippen molar-refractivity contribution in [1.29, 1.82) is 0 Å². The van der Waals surface area contributed by atoms with Crippen molar-refractivity contribution in [3.05, 3.63) is 42.2 Å². The molecule has 7 nitrogen and oxygen atoms in total. The number of nitrogens with one attached hydrogen (secondary N) is 1. The number of methoxy groups -OCH3 is 1. The summed E-state index contributed by atoms with van der Waals surface area (Å²) in [6.45, 7) is 1.12. The van der Waals surface area contributed by atoms with E-state index in [1.165, 1.54) is 0 Å². The van der Waals surface area contributed by atoms with Crippen LogP contribution in [0.5, 0.6) is 5.75 Å². The summed E-state index contributed by atoms with van der Waals surface area (Å²) in [6, 6.07) is 7.64. The molecule has 1 aromatic carbocycles. The molecule has 136 valence electrons. The number of para-hydroxylation sites is 1. The number of hydrogen-bond donors (Lipinski definition) is 1. The predicted molar refractivity (Wildman–Crippen MR) is 94.4 cm³/mol. The molecule has 0 saturated carbocycles. The van der Waals surface area contributed by atoms with Gasteiger partial charge in [0.15, 0.2) is 17.0 Å². The summed E-state index contributed by atoms with van der Waals surface area (Å²) in [5.74, 6) is 1.11. The number of benzene rings is 1. The maximum absolute atomic E-state index is 14.0. The van der Waals surface area contributed by atoms with Crippen molar-refractivity contribution < 1.29 is 13.9 Å². The van der Waals surface area contributed by atoms with Crippen LogP contribution in [0.3, 0.4) is 0 Å². The summed E-state index contributed by atoms with van der Waals surface area (Å²) in [5, 5.41) is 3.15. The lowest BCUT2D eigenvalue weighted by Crippen LogP contribution is -2.18. The Morgan fingerprint density at radius 3 is 3.00 bits per heavy atom. The Morgan fingerprint density at radius 2 is 2.19 bits per heavy atom. The van der Waals surface area contributed by atoms with Gasteiger partial charge in [0.2, 0.25) is 0 Å². The van der Waals surface area contributed by atoms with Crippen molar-refractivity contribution >= 4 is 17.0 Å². The van der Waals surface area contributed by atoms with E-state index in [1.807, 2.05) is 24.3 Å². The lowest BCUT2D eigenvalue weighted by Gasteiger charge is -2.23. The number of imidazole rings is 1. The third-order valence-corrected chi connectivity index (χ3v) is 4.50. The molecule has 1 N–H and O–H groups in total. The van der Waals surface area contributed by atoms with Crippen molar-refractivity contribution in [3.63, 3.8) is 0 Å². The fourth-order valence-corrected chi connectivity index (χ4v) is 3.20. The third kappa shape index (κ3) is 3.20. The Hall–Kier alpha value is -2.74. The van der Waals surface area contributed by atoms with Crippen LogP contribution in [0.25, 0.3) is 11.2 Å². The van der Waals surface area contributed by atoms with Crippen LogP contribution in [-0.4, -0.2) is 33.2 Å². The molecule has 8 heteroatoms. The Balaban J connectivity index is 1.64. The van der Waals surface area contributed by atoms with Gasteiger partial charge in [-0.05, 0) is 25.3 Å². The van der Waals surface area contributed by atoms with Crippen molar-refractivity contribution in [2.24, 2.45) is 0 Å². The number of fused-ring (bicyclic) bond motifs is 1. The first kappa shape index (κ1) is 16.7. The minimum atomic E-state index is -0.794. The molecular weight excluding hydrogens is 337 g/mol. The molecule has 1 atom stereocenters. The number of ether oxygens (including phenoxy) is 2. The predicted octanol–water partition coefficient (Wildman–Crippen LogP) is 3.29. The molecule has 3 heterocycles. The van der Waals surface area contributed by atoms with Crippen LogP contribution in [0.2, 0.25) is 0 Å². The zero-order valence-corrected chi connectivity index (χ0v) is 14.5. The topological polar surface area (TPSA) is 74.1 Å². The molecule has 0 spiro atoms. The fraction of sp³-hybridized carbons (Fsp3) is 0.389. The Labute approximate surface area is 150 Å². The Morgan fingerprint density at radius 1 is 1.31 bits per heavy atom. The van der Waals surface area contributed by atoms with E-state index in [4.69, 9.17) is 9.47 Å². The number of halogens is 1. The van der Waals surface area contributed by atoms with Crippen LogP contribution in [0.1, 0.15) is 31.1 Å². The highest BCUT2D eigenvalue weighted by Gasteiger charge is 2.21. The van der Waals surface area contributed by atoms with Gasteiger partial charge >= 0.3 is 6.08 Å². The van der Waals surface area contributed by atoms with Gasteiger partial charge in [0.1, 0.15) is 12.0 Å². The third-order valence-electron chi connectivity index (χ3n) is 4.50. The highest BCUT2D eigenvalue weighted by atomic mass is 19.1. The van der Waals surface area contributed by atoms with Crippen LogP contribution in [0.4, 0.5) is 10.2 Å². The molecule has 1 fully saturated rings. The van der Waals surface area contributed by atoms with E-state index < -0.39 is 6.08 Å². The fourth-order valence-electron chi connectivity index (χ4n) is 3.20. The van der Waals surface area contributed by atoms with E-state index in [1.54, 1.807) is 18.0 Å². The minimum Gasteiger partial charge on any atom is -0.496 e. The van der Waals surface area contributed by atoms with E-state index in [0.717, 1.165) is 30.6 Å². The highest BCUT2D eigenvalue weighted by Crippen LogP contribution is 2.28. The molecule has 3 aromatic rings. The summed E-state index contributed by atoms with van der Waals surface area (Å²) >= 11 is 0. The molecule has 0 bridgehead atoms. The van der Waals surface area contributed by atoms with Gasteiger partial charge in [0, 0.05) is 18.7 Å². The Bertz CT molecular complexity index is 908. The number of nitrogens with zero attached hydrogens (tertiary/aromatic N) is 4. The second kappa shape index (κ2) is 7.25. The summed E-state index contributed by atoms with van der Waals surface area (Å²) in [5.41, 5.74) is 1.90. The molecule has 0 amide bonds. The van der Waals surface area contributed by atoms with Crippen LogP contribution in [0.15, 0.2) is 30.6 Å². The Kier molecular flexibility index (Phi) is 4.66. The van der Waals surface area contributed by atoms with Gasteiger partial charge in [-0.3, -0.25) is 4.57 Å². The molecule has 1 aliphatic rings. The maximum Gasteiger partial charge on any atom is 0.312 e. The second-order valence-electron chi connectivity index (χ2n) is 6.15. The first-order valence-electron chi connectivity index (χ1n) is 8.63. The van der Waals surface area contributed by atoms with Gasteiger partial charge in [0.05, 0.1) is 13.4 Å². The number of anilines is 1. The van der Waals surface area contributed by atoms with E-state index in [0.29, 0.717) is 30.1 Å². The summed E-state index contributed by atoms with van der Waals surface area (Å²) < 4.78 is 26.9. The summed E-state index contributed by atoms with van der Waals surface area (Å²) in [4.78, 5) is 12.2. The molecule has 1 saturated heterocycles. The minimum absolute atomic E-state index is 0.162. The highest BCUT2D eigenvalue weighted by molar-refractivity contribution is 5.82. The number of hydrogen-bond acceptors (Lipinski definition) is 6. The SMILES string of the molecule is COc1ccccc1CNc1nc(F)nc2c1ncn2C1CCCCO1. The van der Waals surface area contributed by atoms with E-state index in [2.05, 4.69) is 20.3 Å². The van der Waals surface area contributed by atoms with E-state index >= 15 is 0 Å². The van der Waals surface area contributed by atoms with Crippen LogP contribution >= 0.6 is 0 Å². The smallest absolute Gasteiger partial charge is 0.312 e. The molecule has 26 heavy (non-hydrogen) atoms. The average molecular weight is 357 g/mol. The van der Waals surface area contributed by atoms with E-state index in [-0.39, 0.29) is 6.23 Å². The summed E-state index contributed by atoms with van der Waals surface area (Å²) in [6.07, 6.45) is 3.65. The normalized spacial score (nSPS) is 17.4. The lowest BCUT2D eigenvalue weighted by atomic mass is 10.2. The van der Waals surface area contributed by atoms with Crippen LogP contribution in [0, 0.1) is 6.08 Å². The first-order valence-corrected chi connectivity index (χ1v) is 8.63. The number of rotatable bonds is 5. The first-order chi connectivity index (χ1) is 12.8. The van der Waals surface area contributed by atoms with Gasteiger partial charge in [-0.25, -0.2) is 4.98 Å². The molecule has 4 rings (SSSR count). The van der Waals surface area contributed by atoms with Crippen molar-refractivity contribution in [2.45, 2.75) is 32.0 Å². The molecule has 2 aromatic heterocycles. The largest absolute Gasteiger partial charge is 0.496 e. The molecule has 1 aliphatic heterocycles. The zero-order valence-electron chi connectivity index (χ0n) is 14.5. The molecule has 1 unspecified atom stereocenters. The molecule has 0 aliphatic carbocycles. The van der Waals surface area contributed by atoms with E-state index in [9.17, 15) is 4.39 Å². The zero-order chi connectivity index (χ0) is 17.9. The van der Waals surface area contributed by atoms with Crippen molar-refractivity contribution in [3.8, 4) is 5.75 Å². The van der Waals surface area contributed by atoms with Crippen LogP contribution < -0.4 is 10.1 Å².